The van der Waals surface area contributed by atoms with E-state index in [4.69, 9.17) is 0 Å². The molecule has 0 saturated carbocycles. The highest BCUT2D eigenvalue weighted by Gasteiger charge is 2.13. The second-order valence-electron chi connectivity index (χ2n) is 4.39. The van der Waals surface area contributed by atoms with Gasteiger partial charge < -0.3 is 5.32 Å². The smallest absolute Gasteiger partial charge is 0.166 e. The topological polar surface area (TPSA) is 12.0 Å². The molecule has 0 aliphatic heterocycles. The van der Waals surface area contributed by atoms with Crippen LogP contribution in [-0.4, -0.2) is 7.05 Å². The minimum atomic E-state index is -0.944. The predicted octanol–water partition coefficient (Wildman–Crippen LogP) is 3.80. The van der Waals surface area contributed by atoms with Crippen LogP contribution in [0.1, 0.15) is 11.1 Å². The largest absolute Gasteiger partial charge is 0.316 e. The molecular weight excluding hydrogens is 251 g/mol. The molecule has 2 rings (SSSR count). The summed E-state index contributed by atoms with van der Waals surface area (Å²) in [5.74, 6) is -2.27. The highest BCUT2D eigenvalue weighted by Crippen LogP contribution is 2.27. The third-order valence-electron chi connectivity index (χ3n) is 3.01. The van der Waals surface area contributed by atoms with Crippen molar-refractivity contribution in [2.24, 2.45) is 0 Å². The Labute approximate surface area is 110 Å². The summed E-state index contributed by atoms with van der Waals surface area (Å²) in [5.41, 5.74) is 1.11. The van der Waals surface area contributed by atoms with E-state index in [2.05, 4.69) is 5.32 Å². The quantitative estimate of drug-likeness (QED) is 0.890. The molecule has 0 spiro atoms. The first kappa shape index (κ1) is 13.6. The summed E-state index contributed by atoms with van der Waals surface area (Å²) >= 11 is 0. The fourth-order valence-corrected chi connectivity index (χ4v) is 1.92. The van der Waals surface area contributed by atoms with E-state index < -0.39 is 17.5 Å². The van der Waals surface area contributed by atoms with Gasteiger partial charge in [0, 0.05) is 17.7 Å². The Morgan fingerprint density at radius 1 is 1.00 bits per heavy atom. The van der Waals surface area contributed by atoms with Crippen molar-refractivity contribution in [3.63, 3.8) is 0 Å². The number of aryl methyl sites for hydroxylation is 1. The lowest BCUT2D eigenvalue weighted by molar-refractivity contribution is 0.505. The lowest BCUT2D eigenvalue weighted by Crippen LogP contribution is -2.07. The Kier molecular flexibility index (Phi) is 3.90. The summed E-state index contributed by atoms with van der Waals surface area (Å²) in [6.07, 6.45) is 0. The van der Waals surface area contributed by atoms with E-state index >= 15 is 0 Å². The minimum absolute atomic E-state index is 0.0676. The fourth-order valence-electron chi connectivity index (χ4n) is 1.92. The number of hydrogen-bond donors (Lipinski definition) is 1. The van der Waals surface area contributed by atoms with Gasteiger partial charge in [-0.05, 0) is 31.2 Å². The first-order chi connectivity index (χ1) is 9.04. The van der Waals surface area contributed by atoms with Crippen molar-refractivity contribution in [3.8, 4) is 11.1 Å². The number of rotatable bonds is 3. The molecule has 1 nitrogen and oxygen atoms in total. The normalized spacial score (nSPS) is 10.8. The zero-order valence-electron chi connectivity index (χ0n) is 10.7. The molecule has 0 radical (unpaired) electrons. The molecule has 2 aromatic rings. The van der Waals surface area contributed by atoms with Crippen LogP contribution in [0.5, 0.6) is 0 Å². The standard InChI is InChI=1S/C15H14F3N/c1-9-3-6-12(15(18)14(9)17)10-4-5-11(8-19-2)13(16)7-10/h3-7,19H,8H2,1-2H3. The van der Waals surface area contributed by atoms with E-state index in [9.17, 15) is 13.2 Å². The molecule has 0 aromatic heterocycles. The lowest BCUT2D eigenvalue weighted by Gasteiger charge is -2.08. The van der Waals surface area contributed by atoms with Gasteiger partial charge in [0.25, 0.3) is 0 Å². The molecule has 0 heterocycles. The Morgan fingerprint density at radius 3 is 2.37 bits per heavy atom. The van der Waals surface area contributed by atoms with E-state index in [1.54, 1.807) is 19.2 Å². The molecular formula is C15H14F3N. The van der Waals surface area contributed by atoms with Gasteiger partial charge in [-0.15, -0.1) is 0 Å². The van der Waals surface area contributed by atoms with Crippen LogP contribution < -0.4 is 5.32 Å². The van der Waals surface area contributed by atoms with Crippen LogP contribution in [0.3, 0.4) is 0 Å². The molecule has 19 heavy (non-hydrogen) atoms. The Hall–Kier alpha value is -1.81. The Balaban J connectivity index is 2.48. The SMILES string of the molecule is CNCc1ccc(-c2ccc(C)c(F)c2F)cc1F. The highest BCUT2D eigenvalue weighted by atomic mass is 19.2. The first-order valence-corrected chi connectivity index (χ1v) is 5.92. The Morgan fingerprint density at radius 2 is 1.74 bits per heavy atom. The summed E-state index contributed by atoms with van der Waals surface area (Å²) in [4.78, 5) is 0. The van der Waals surface area contributed by atoms with E-state index in [0.717, 1.165) is 0 Å². The monoisotopic (exact) mass is 265 g/mol. The molecule has 0 fully saturated rings. The maximum absolute atomic E-state index is 13.8. The van der Waals surface area contributed by atoms with Crippen LogP contribution in [0.25, 0.3) is 11.1 Å². The van der Waals surface area contributed by atoms with Crippen LogP contribution >= 0.6 is 0 Å². The Bertz CT molecular complexity index is 609. The molecule has 0 amide bonds. The van der Waals surface area contributed by atoms with Gasteiger partial charge in [-0.2, -0.15) is 0 Å². The van der Waals surface area contributed by atoms with Crippen LogP contribution in [0.2, 0.25) is 0 Å². The van der Waals surface area contributed by atoms with Crippen molar-refractivity contribution >= 4 is 0 Å². The number of benzene rings is 2. The molecule has 1 N–H and O–H groups in total. The maximum Gasteiger partial charge on any atom is 0.166 e. The number of nitrogens with one attached hydrogen (secondary N) is 1. The molecule has 2 aromatic carbocycles. The van der Waals surface area contributed by atoms with E-state index in [1.807, 2.05) is 0 Å². The van der Waals surface area contributed by atoms with Crippen molar-refractivity contribution in [2.75, 3.05) is 7.05 Å². The van der Waals surface area contributed by atoms with Gasteiger partial charge in [0.05, 0.1) is 0 Å². The van der Waals surface area contributed by atoms with Gasteiger partial charge >= 0.3 is 0 Å². The van der Waals surface area contributed by atoms with Crippen molar-refractivity contribution in [2.45, 2.75) is 13.5 Å². The third-order valence-corrected chi connectivity index (χ3v) is 3.01. The number of halogens is 3. The van der Waals surface area contributed by atoms with Crippen molar-refractivity contribution in [1.82, 2.24) is 5.32 Å². The van der Waals surface area contributed by atoms with E-state index in [-0.39, 0.29) is 11.1 Å². The molecule has 0 unspecified atom stereocenters. The second-order valence-corrected chi connectivity index (χ2v) is 4.39. The van der Waals surface area contributed by atoms with Gasteiger partial charge in [0.15, 0.2) is 11.6 Å². The summed E-state index contributed by atoms with van der Waals surface area (Å²) in [6.45, 7) is 1.87. The van der Waals surface area contributed by atoms with Crippen LogP contribution in [0.4, 0.5) is 13.2 Å². The molecule has 100 valence electrons. The van der Waals surface area contributed by atoms with Gasteiger partial charge in [-0.25, -0.2) is 13.2 Å². The first-order valence-electron chi connectivity index (χ1n) is 5.92. The molecule has 0 saturated heterocycles. The van der Waals surface area contributed by atoms with Crippen molar-refractivity contribution in [1.29, 1.82) is 0 Å². The molecule has 0 bridgehead atoms. The molecule has 0 aliphatic carbocycles. The van der Waals surface area contributed by atoms with E-state index in [1.165, 1.54) is 25.1 Å². The zero-order valence-corrected chi connectivity index (χ0v) is 10.7. The summed E-state index contributed by atoms with van der Waals surface area (Å²) < 4.78 is 41.1. The predicted molar refractivity (Wildman–Crippen MR) is 69.3 cm³/mol. The molecule has 0 aliphatic rings. The van der Waals surface area contributed by atoms with Crippen molar-refractivity contribution < 1.29 is 13.2 Å². The fraction of sp³-hybridized carbons (Fsp3) is 0.200. The summed E-state index contributed by atoms with van der Waals surface area (Å²) in [7, 11) is 1.71. The third kappa shape index (κ3) is 2.63. The zero-order chi connectivity index (χ0) is 14.0. The number of hydrogen-bond acceptors (Lipinski definition) is 1. The summed E-state index contributed by atoms with van der Waals surface area (Å²) in [6, 6.07) is 7.31. The van der Waals surface area contributed by atoms with Crippen LogP contribution in [0.15, 0.2) is 30.3 Å². The average Bonchev–Trinajstić information content (AvgIpc) is 2.39. The van der Waals surface area contributed by atoms with Crippen molar-refractivity contribution in [3.05, 3.63) is 58.9 Å². The highest BCUT2D eigenvalue weighted by molar-refractivity contribution is 5.65. The van der Waals surface area contributed by atoms with Gasteiger partial charge in [0.1, 0.15) is 5.82 Å². The lowest BCUT2D eigenvalue weighted by atomic mass is 10.0. The molecule has 0 atom stereocenters. The molecule has 4 heteroatoms. The van der Waals surface area contributed by atoms with Crippen LogP contribution in [-0.2, 0) is 6.54 Å². The van der Waals surface area contributed by atoms with Crippen LogP contribution in [0, 0.1) is 24.4 Å². The summed E-state index contributed by atoms with van der Waals surface area (Å²) in [5, 5.41) is 2.84. The average molecular weight is 265 g/mol. The minimum Gasteiger partial charge on any atom is -0.316 e. The second kappa shape index (κ2) is 5.45. The maximum atomic E-state index is 13.8. The van der Waals surface area contributed by atoms with Gasteiger partial charge in [0.2, 0.25) is 0 Å². The van der Waals surface area contributed by atoms with Gasteiger partial charge in [-0.3, -0.25) is 0 Å². The van der Waals surface area contributed by atoms with Gasteiger partial charge in [-0.1, -0.05) is 24.3 Å². The van der Waals surface area contributed by atoms with E-state index in [0.29, 0.717) is 17.7 Å².